The summed E-state index contributed by atoms with van der Waals surface area (Å²) in [6.45, 7) is 0.0667. The highest BCUT2D eigenvalue weighted by Crippen LogP contribution is 2.74. The molecule has 4 unspecified atom stereocenters. The molecule has 2 bridgehead atoms. The Balaban J connectivity index is 1.35. The van der Waals surface area contributed by atoms with Crippen LogP contribution < -0.4 is 23.8 Å². The minimum atomic E-state index is -1.67. The first kappa shape index (κ1) is 30.2. The third-order valence-corrected chi connectivity index (χ3v) is 11.1. The number of fused-ring (bicyclic) bond motifs is 7. The lowest BCUT2D eigenvalue weighted by atomic mass is 9.59. The number of hydrogen-bond acceptors (Lipinski definition) is 8. The molecular formula is C42H27NO9. The summed E-state index contributed by atoms with van der Waals surface area (Å²) < 4.78 is 23.0. The number of carboxylic acid groups (broad SMARTS) is 1. The summed E-state index contributed by atoms with van der Waals surface area (Å²) in [5.41, 5.74) is 0.175. The van der Waals surface area contributed by atoms with Crippen LogP contribution in [0.1, 0.15) is 32.6 Å². The van der Waals surface area contributed by atoms with Gasteiger partial charge in [-0.3, -0.25) is 14.4 Å². The van der Waals surface area contributed by atoms with E-state index in [4.69, 9.17) is 18.9 Å². The van der Waals surface area contributed by atoms with Gasteiger partial charge in [-0.05, 0) is 75.9 Å². The predicted molar refractivity (Wildman–Crippen MR) is 186 cm³/mol. The minimum Gasteiger partial charge on any atom is -0.478 e. The van der Waals surface area contributed by atoms with Gasteiger partial charge in [-0.1, -0.05) is 78.9 Å². The summed E-state index contributed by atoms with van der Waals surface area (Å²) in [4.78, 5) is 59.8. The van der Waals surface area contributed by atoms with Crippen molar-refractivity contribution in [3.63, 3.8) is 0 Å². The van der Waals surface area contributed by atoms with Gasteiger partial charge in [0.05, 0.1) is 33.9 Å². The van der Waals surface area contributed by atoms with Crippen molar-refractivity contribution in [2.75, 3.05) is 18.5 Å². The molecule has 2 aliphatic carbocycles. The quantitative estimate of drug-likeness (QED) is 0.213. The fourth-order valence-corrected chi connectivity index (χ4v) is 9.26. The average Bonchev–Trinajstić information content (AvgIpc) is 3.98. The second kappa shape index (κ2) is 10.7. The van der Waals surface area contributed by atoms with E-state index in [0.29, 0.717) is 56.4 Å². The van der Waals surface area contributed by atoms with E-state index >= 15 is 14.4 Å². The van der Waals surface area contributed by atoms with Gasteiger partial charge >= 0.3 is 5.97 Å². The molecule has 5 aromatic carbocycles. The van der Waals surface area contributed by atoms with Crippen molar-refractivity contribution in [1.29, 1.82) is 0 Å². The predicted octanol–water partition coefficient (Wildman–Crippen LogP) is 6.03. The van der Waals surface area contributed by atoms with E-state index in [1.807, 2.05) is 84.9 Å². The number of allylic oxidation sites excluding steroid dienone is 2. The number of hydrogen-bond donors (Lipinski definition) is 1. The zero-order valence-electron chi connectivity index (χ0n) is 27.3. The number of nitrogens with zero attached hydrogens (tertiary/aromatic N) is 1. The molecule has 4 atom stereocenters. The van der Waals surface area contributed by atoms with Crippen LogP contribution in [0.5, 0.6) is 23.0 Å². The maximum atomic E-state index is 16.2. The van der Waals surface area contributed by atoms with Gasteiger partial charge in [0.25, 0.3) is 0 Å². The van der Waals surface area contributed by atoms with Crippen molar-refractivity contribution in [3.8, 4) is 23.0 Å². The van der Waals surface area contributed by atoms with E-state index in [0.717, 1.165) is 4.90 Å². The van der Waals surface area contributed by atoms with Gasteiger partial charge in [0, 0.05) is 0 Å². The first-order valence-corrected chi connectivity index (χ1v) is 16.8. The second-order valence-corrected chi connectivity index (χ2v) is 13.4. The van der Waals surface area contributed by atoms with Gasteiger partial charge in [0.2, 0.25) is 25.4 Å². The van der Waals surface area contributed by atoms with Crippen LogP contribution in [0.25, 0.3) is 11.1 Å². The fourth-order valence-electron chi connectivity index (χ4n) is 9.26. The lowest BCUT2D eigenvalue weighted by molar-refractivity contribution is -0.130. The zero-order valence-corrected chi connectivity index (χ0v) is 27.3. The molecule has 0 aromatic heterocycles. The third kappa shape index (κ3) is 3.67. The van der Waals surface area contributed by atoms with E-state index in [9.17, 15) is 9.90 Å². The number of benzene rings is 5. The Morgan fingerprint density at radius 3 is 1.54 bits per heavy atom. The Morgan fingerprint density at radius 2 is 1.06 bits per heavy atom. The van der Waals surface area contributed by atoms with Crippen molar-refractivity contribution < 1.29 is 43.2 Å². The second-order valence-electron chi connectivity index (χ2n) is 13.4. The number of anilines is 1. The van der Waals surface area contributed by atoms with Crippen molar-refractivity contribution in [2.45, 2.75) is 10.8 Å². The van der Waals surface area contributed by atoms with Gasteiger partial charge in [0.1, 0.15) is 0 Å². The monoisotopic (exact) mass is 689 g/mol. The van der Waals surface area contributed by atoms with Crippen LogP contribution in [-0.2, 0) is 25.2 Å². The van der Waals surface area contributed by atoms with Crippen LogP contribution in [-0.4, -0.2) is 42.3 Å². The number of imide groups is 1. The number of rotatable bonds is 6. The van der Waals surface area contributed by atoms with E-state index in [-0.39, 0.29) is 30.6 Å². The van der Waals surface area contributed by atoms with E-state index < -0.39 is 40.4 Å². The Morgan fingerprint density at radius 1 is 0.577 bits per heavy atom. The minimum absolute atomic E-state index is 0.0334. The topological polar surface area (TPSA) is 129 Å². The largest absolute Gasteiger partial charge is 0.478 e. The van der Waals surface area contributed by atoms with E-state index in [1.54, 1.807) is 18.2 Å². The molecule has 5 aliphatic rings. The Labute approximate surface area is 296 Å². The molecule has 52 heavy (non-hydrogen) atoms. The maximum absolute atomic E-state index is 16.2. The number of amides is 2. The van der Waals surface area contributed by atoms with Gasteiger partial charge < -0.3 is 24.1 Å². The summed E-state index contributed by atoms with van der Waals surface area (Å²) in [5, 5.41) is 9.83. The molecule has 10 nitrogen and oxygen atoms in total. The molecule has 3 aliphatic heterocycles. The maximum Gasteiger partial charge on any atom is 0.335 e. The first-order valence-electron chi connectivity index (χ1n) is 16.8. The number of ketones is 1. The van der Waals surface area contributed by atoms with Crippen molar-refractivity contribution in [2.24, 2.45) is 11.8 Å². The van der Waals surface area contributed by atoms with Crippen molar-refractivity contribution >= 4 is 40.4 Å². The lowest BCUT2D eigenvalue weighted by Crippen LogP contribution is -2.45. The summed E-state index contributed by atoms with van der Waals surface area (Å²) in [5.74, 6) is -2.99. The van der Waals surface area contributed by atoms with Crippen LogP contribution in [0, 0.1) is 11.8 Å². The molecule has 2 amide bonds. The highest BCUT2D eigenvalue weighted by Gasteiger charge is 2.82. The van der Waals surface area contributed by atoms with Gasteiger partial charge in [0.15, 0.2) is 28.8 Å². The molecule has 254 valence electrons. The lowest BCUT2D eigenvalue weighted by Gasteiger charge is -2.39. The summed E-state index contributed by atoms with van der Waals surface area (Å²) >= 11 is 0. The number of carbonyl (C=O) groups excluding carboxylic acids is 3. The Kier molecular flexibility index (Phi) is 6.19. The molecule has 1 saturated heterocycles. The van der Waals surface area contributed by atoms with Gasteiger partial charge in [-0.25, -0.2) is 9.69 Å². The van der Waals surface area contributed by atoms with Crippen LogP contribution >= 0.6 is 0 Å². The number of Topliss-reactive ketones (excluding diaryl/α,β-unsaturated/α-hetero) is 1. The smallest absolute Gasteiger partial charge is 0.335 e. The highest BCUT2D eigenvalue weighted by atomic mass is 16.7. The number of aromatic carboxylic acids is 1. The molecule has 0 radical (unpaired) electrons. The van der Waals surface area contributed by atoms with Crippen molar-refractivity contribution in [1.82, 2.24) is 0 Å². The van der Waals surface area contributed by atoms with Gasteiger partial charge in [-0.15, -0.1) is 0 Å². The normalized spacial score (nSPS) is 24.9. The number of ether oxygens (including phenoxy) is 4. The fraction of sp³-hybridized carbons (Fsp3) is 0.143. The first-order chi connectivity index (χ1) is 25.4. The average molecular weight is 690 g/mol. The Bertz CT molecular complexity index is 2300. The van der Waals surface area contributed by atoms with Crippen LogP contribution in [0.15, 0.2) is 121 Å². The molecule has 10 heteroatoms. The molecule has 1 saturated carbocycles. The summed E-state index contributed by atoms with van der Waals surface area (Å²) in [6, 6.07) is 35.0. The summed E-state index contributed by atoms with van der Waals surface area (Å²) in [6.07, 6.45) is 0. The molecule has 1 N–H and O–H groups in total. The molecule has 0 spiro atoms. The van der Waals surface area contributed by atoms with Gasteiger partial charge in [-0.2, -0.15) is 0 Å². The third-order valence-electron chi connectivity index (χ3n) is 11.1. The summed E-state index contributed by atoms with van der Waals surface area (Å²) in [7, 11) is 0. The van der Waals surface area contributed by atoms with E-state index in [2.05, 4.69) is 0 Å². The van der Waals surface area contributed by atoms with Crippen LogP contribution in [0.3, 0.4) is 0 Å². The number of carbonyl (C=O) groups is 4. The number of carboxylic acids is 1. The standard InChI is InChI=1S/C42H27NO9/c44-37-35-36(38(45)43(37)28-13-7-8-25(18-28)39(46)47)42(27-11-5-2-6-12-27)34(24-15-17-30-32(20-24)52-22-50-30)33(23-14-16-29-31(19-23)51-21-49-29)41(35,40(42)48)26-9-3-1-4-10-26/h1-20,35-36H,21-22H2,(H,46,47). The van der Waals surface area contributed by atoms with Crippen LogP contribution in [0.4, 0.5) is 5.69 Å². The molecule has 5 aromatic rings. The Hall–Kier alpha value is -6.68. The van der Waals surface area contributed by atoms with Crippen LogP contribution in [0.2, 0.25) is 0 Å². The highest BCUT2D eigenvalue weighted by molar-refractivity contribution is 6.39. The SMILES string of the molecule is O=C(O)c1cccc(N2C(=O)C3C(C2=O)C2(c4ccccc4)C(=O)C3(c3ccccc3)C(c3ccc4c(c3)OCO4)=C2c2ccc3c(c2)OCO3)c1. The van der Waals surface area contributed by atoms with Crippen molar-refractivity contribution in [3.05, 3.63) is 149 Å². The van der Waals surface area contributed by atoms with E-state index in [1.165, 1.54) is 18.2 Å². The molecule has 3 heterocycles. The molecule has 2 fully saturated rings. The zero-order chi connectivity index (χ0) is 35.4. The molecular weight excluding hydrogens is 662 g/mol. The molecule has 10 rings (SSSR count).